The van der Waals surface area contributed by atoms with Crippen LogP contribution in [0.4, 0.5) is 4.39 Å². The minimum atomic E-state index is -0.322. The molecule has 0 aliphatic heterocycles. The second-order valence-electron chi connectivity index (χ2n) is 5.04. The van der Waals surface area contributed by atoms with Crippen LogP contribution in [0.25, 0.3) is 0 Å². The van der Waals surface area contributed by atoms with Crippen LogP contribution in [0.3, 0.4) is 0 Å². The van der Waals surface area contributed by atoms with Gasteiger partial charge in [0, 0.05) is 5.75 Å². The Morgan fingerprint density at radius 2 is 1.69 bits per heavy atom. The van der Waals surface area contributed by atoms with E-state index < -0.39 is 0 Å². The maximum Gasteiger partial charge on any atom is 0.276 e. The van der Waals surface area contributed by atoms with Crippen molar-refractivity contribution in [2.75, 3.05) is 12.4 Å². The van der Waals surface area contributed by atoms with Gasteiger partial charge in [-0.25, -0.2) is 4.39 Å². The number of benzene rings is 2. The van der Waals surface area contributed by atoms with E-state index in [4.69, 9.17) is 19.2 Å². The van der Waals surface area contributed by atoms with E-state index in [9.17, 15) is 4.39 Å². The van der Waals surface area contributed by atoms with Gasteiger partial charge in [-0.15, -0.1) is 10.2 Å². The standard InChI is InChI=1S/C18H14FN3O3S/c19-14-3-7-16(8-4-14)24-12-17-21-22-18(25-17)26-10-9-23-15-5-1-13(11-20)2-6-15/h1-8H,9-10,12H2. The SMILES string of the molecule is N#Cc1ccc(OCCSc2nnc(COc3ccc(F)cc3)o2)cc1. The molecular formula is C18H14FN3O3S. The highest BCUT2D eigenvalue weighted by atomic mass is 32.2. The molecule has 0 amide bonds. The van der Waals surface area contributed by atoms with Gasteiger partial charge in [-0.05, 0) is 48.5 Å². The van der Waals surface area contributed by atoms with Crippen LogP contribution in [0.5, 0.6) is 11.5 Å². The van der Waals surface area contributed by atoms with Crippen molar-refractivity contribution in [2.45, 2.75) is 11.8 Å². The third kappa shape index (κ3) is 5.22. The minimum Gasteiger partial charge on any atom is -0.493 e. The molecule has 0 unspecified atom stereocenters. The number of hydrogen-bond donors (Lipinski definition) is 0. The average molecular weight is 371 g/mol. The maximum absolute atomic E-state index is 12.8. The summed E-state index contributed by atoms with van der Waals surface area (Å²) in [5.74, 6) is 1.86. The molecule has 26 heavy (non-hydrogen) atoms. The zero-order valence-corrected chi connectivity index (χ0v) is 14.4. The number of hydrogen-bond acceptors (Lipinski definition) is 7. The lowest BCUT2D eigenvalue weighted by Gasteiger charge is -2.04. The normalized spacial score (nSPS) is 10.3. The van der Waals surface area contributed by atoms with Crippen LogP contribution in [0.1, 0.15) is 11.5 Å². The molecule has 0 atom stereocenters. The predicted molar refractivity (Wildman–Crippen MR) is 92.4 cm³/mol. The molecular weight excluding hydrogens is 357 g/mol. The summed E-state index contributed by atoms with van der Waals surface area (Å²) >= 11 is 1.37. The van der Waals surface area contributed by atoms with Gasteiger partial charge in [0.2, 0.25) is 0 Å². The van der Waals surface area contributed by atoms with Crippen molar-refractivity contribution in [3.63, 3.8) is 0 Å². The lowest BCUT2D eigenvalue weighted by Crippen LogP contribution is -1.99. The summed E-state index contributed by atoms with van der Waals surface area (Å²) in [7, 11) is 0. The molecule has 0 aliphatic rings. The van der Waals surface area contributed by atoms with Crippen molar-refractivity contribution in [3.8, 4) is 17.6 Å². The number of aromatic nitrogens is 2. The molecule has 1 heterocycles. The Kier molecular flexibility index (Phi) is 6.06. The number of nitrogens with zero attached hydrogens (tertiary/aromatic N) is 3. The zero-order chi connectivity index (χ0) is 18.2. The van der Waals surface area contributed by atoms with Crippen LogP contribution in [-0.4, -0.2) is 22.6 Å². The molecule has 3 rings (SSSR count). The number of halogens is 1. The molecule has 0 bridgehead atoms. The first kappa shape index (κ1) is 17.8. The fourth-order valence-corrected chi connectivity index (χ4v) is 2.54. The van der Waals surface area contributed by atoms with Gasteiger partial charge in [0.15, 0.2) is 6.61 Å². The van der Waals surface area contributed by atoms with Crippen LogP contribution in [0.2, 0.25) is 0 Å². The quantitative estimate of drug-likeness (QED) is 0.440. The highest BCUT2D eigenvalue weighted by Gasteiger charge is 2.08. The van der Waals surface area contributed by atoms with E-state index in [1.54, 1.807) is 24.3 Å². The fourth-order valence-electron chi connectivity index (χ4n) is 1.94. The Balaban J connectivity index is 1.39. The Labute approximate surface area is 153 Å². The van der Waals surface area contributed by atoms with E-state index in [1.165, 1.54) is 36.0 Å². The summed E-state index contributed by atoms with van der Waals surface area (Å²) in [6.07, 6.45) is 0. The lowest BCUT2D eigenvalue weighted by molar-refractivity contribution is 0.251. The zero-order valence-electron chi connectivity index (χ0n) is 13.6. The number of ether oxygens (including phenoxy) is 2. The van der Waals surface area contributed by atoms with Gasteiger partial charge in [-0.1, -0.05) is 11.8 Å². The van der Waals surface area contributed by atoms with Crippen LogP contribution in [-0.2, 0) is 6.61 Å². The molecule has 132 valence electrons. The van der Waals surface area contributed by atoms with E-state index in [0.29, 0.717) is 40.5 Å². The molecule has 1 aromatic heterocycles. The summed E-state index contributed by atoms with van der Waals surface area (Å²) in [5.41, 5.74) is 0.591. The molecule has 0 radical (unpaired) electrons. The highest BCUT2D eigenvalue weighted by Crippen LogP contribution is 2.19. The summed E-state index contributed by atoms with van der Waals surface area (Å²) in [5, 5.41) is 17.0. The average Bonchev–Trinajstić information content (AvgIpc) is 3.13. The minimum absolute atomic E-state index is 0.112. The number of rotatable bonds is 8. The molecule has 0 N–H and O–H groups in total. The van der Waals surface area contributed by atoms with Crippen molar-refractivity contribution < 1.29 is 18.3 Å². The Morgan fingerprint density at radius 1 is 1.00 bits per heavy atom. The van der Waals surface area contributed by atoms with E-state index in [-0.39, 0.29) is 12.4 Å². The number of thioether (sulfide) groups is 1. The fraction of sp³-hybridized carbons (Fsp3) is 0.167. The first-order valence-electron chi connectivity index (χ1n) is 7.69. The summed E-state index contributed by atoms with van der Waals surface area (Å²) in [6, 6.07) is 14.7. The van der Waals surface area contributed by atoms with Crippen LogP contribution in [0.15, 0.2) is 58.2 Å². The first-order valence-corrected chi connectivity index (χ1v) is 8.68. The van der Waals surface area contributed by atoms with Gasteiger partial charge in [0.25, 0.3) is 11.1 Å². The monoisotopic (exact) mass is 371 g/mol. The molecule has 0 fully saturated rings. The van der Waals surface area contributed by atoms with Crippen molar-refractivity contribution in [1.82, 2.24) is 10.2 Å². The van der Waals surface area contributed by atoms with Crippen molar-refractivity contribution in [1.29, 1.82) is 5.26 Å². The van der Waals surface area contributed by atoms with Crippen molar-refractivity contribution in [2.24, 2.45) is 0 Å². The van der Waals surface area contributed by atoms with Gasteiger partial charge in [-0.2, -0.15) is 5.26 Å². The third-order valence-corrected chi connectivity index (χ3v) is 3.97. The molecule has 0 saturated carbocycles. The van der Waals surface area contributed by atoms with E-state index in [0.717, 1.165) is 0 Å². The largest absolute Gasteiger partial charge is 0.493 e. The summed E-state index contributed by atoms with van der Waals surface area (Å²) in [4.78, 5) is 0. The first-order chi connectivity index (χ1) is 12.7. The second kappa shape index (κ2) is 8.87. The van der Waals surface area contributed by atoms with Crippen molar-refractivity contribution >= 4 is 11.8 Å². The van der Waals surface area contributed by atoms with Gasteiger partial charge >= 0.3 is 0 Å². The molecule has 6 nitrogen and oxygen atoms in total. The van der Waals surface area contributed by atoms with Gasteiger partial charge in [0.05, 0.1) is 18.2 Å². The van der Waals surface area contributed by atoms with Gasteiger partial charge < -0.3 is 13.9 Å². The van der Waals surface area contributed by atoms with Gasteiger partial charge in [-0.3, -0.25) is 0 Å². The van der Waals surface area contributed by atoms with Crippen LogP contribution in [0, 0.1) is 17.1 Å². The third-order valence-electron chi connectivity index (χ3n) is 3.19. The molecule has 8 heteroatoms. The number of nitriles is 1. The molecule has 3 aromatic rings. The molecule has 0 aliphatic carbocycles. The summed E-state index contributed by atoms with van der Waals surface area (Å²) < 4.78 is 29.3. The van der Waals surface area contributed by atoms with Crippen molar-refractivity contribution in [3.05, 3.63) is 65.8 Å². The molecule has 0 saturated heterocycles. The second-order valence-corrected chi connectivity index (χ2v) is 6.08. The maximum atomic E-state index is 12.8. The summed E-state index contributed by atoms with van der Waals surface area (Å²) in [6.45, 7) is 0.571. The smallest absolute Gasteiger partial charge is 0.276 e. The topological polar surface area (TPSA) is 81.2 Å². The van der Waals surface area contributed by atoms with E-state index in [2.05, 4.69) is 16.3 Å². The van der Waals surface area contributed by atoms with Crippen LogP contribution < -0.4 is 9.47 Å². The van der Waals surface area contributed by atoms with E-state index in [1.807, 2.05) is 0 Å². The van der Waals surface area contributed by atoms with Crippen LogP contribution >= 0.6 is 11.8 Å². The van der Waals surface area contributed by atoms with Gasteiger partial charge in [0.1, 0.15) is 17.3 Å². The highest BCUT2D eigenvalue weighted by molar-refractivity contribution is 7.99. The molecule has 2 aromatic carbocycles. The van der Waals surface area contributed by atoms with E-state index >= 15 is 0 Å². The predicted octanol–water partition coefficient (Wildman–Crippen LogP) is 3.83. The molecule has 0 spiro atoms. The Morgan fingerprint density at radius 3 is 2.42 bits per heavy atom. The Bertz CT molecular complexity index is 876. The lowest BCUT2D eigenvalue weighted by atomic mass is 10.2. The Hall–Kier alpha value is -3.05.